The van der Waals surface area contributed by atoms with Crippen molar-refractivity contribution < 1.29 is 14.3 Å². The lowest BCUT2D eigenvalue weighted by Gasteiger charge is -2.20. The molecule has 1 aliphatic rings. The van der Waals surface area contributed by atoms with Crippen molar-refractivity contribution in [2.45, 2.75) is 25.5 Å². The third-order valence-electron chi connectivity index (χ3n) is 4.17. The van der Waals surface area contributed by atoms with E-state index in [1.54, 1.807) is 12.0 Å². The zero-order valence-corrected chi connectivity index (χ0v) is 14.3. The summed E-state index contributed by atoms with van der Waals surface area (Å²) in [6, 6.07) is 17.2. The van der Waals surface area contributed by atoms with Crippen molar-refractivity contribution in [3.63, 3.8) is 0 Å². The fourth-order valence-corrected chi connectivity index (χ4v) is 2.78. The lowest BCUT2D eigenvalue weighted by atomic mass is 10.2. The third kappa shape index (κ3) is 4.54. The Kier molecular flexibility index (Phi) is 5.58. The minimum absolute atomic E-state index is 0.0922. The highest BCUT2D eigenvalue weighted by Crippen LogP contribution is 2.18. The summed E-state index contributed by atoms with van der Waals surface area (Å²) < 4.78 is 10.6. The number of nitrogens with zero attached hydrogens (tertiary/aromatic N) is 1. The lowest BCUT2D eigenvalue weighted by Crippen LogP contribution is -2.35. The molecule has 4 heteroatoms. The minimum Gasteiger partial charge on any atom is -0.497 e. The van der Waals surface area contributed by atoms with E-state index in [0.29, 0.717) is 6.54 Å². The van der Waals surface area contributed by atoms with Gasteiger partial charge in [0.05, 0.1) is 13.2 Å². The Hall–Kier alpha value is -2.93. The smallest absolute Gasteiger partial charge is 0.411 e. The second-order valence-corrected chi connectivity index (χ2v) is 5.89. The zero-order valence-electron chi connectivity index (χ0n) is 14.3. The van der Waals surface area contributed by atoms with E-state index in [0.717, 1.165) is 29.7 Å². The van der Waals surface area contributed by atoms with Crippen molar-refractivity contribution in [2.75, 3.05) is 13.7 Å². The Morgan fingerprint density at radius 3 is 2.64 bits per heavy atom. The molecule has 2 aromatic carbocycles. The van der Waals surface area contributed by atoms with Crippen LogP contribution in [-0.4, -0.2) is 30.7 Å². The molecule has 1 saturated heterocycles. The highest BCUT2D eigenvalue weighted by molar-refractivity contribution is 5.69. The molecule has 0 radical (unpaired) electrons. The van der Waals surface area contributed by atoms with Crippen molar-refractivity contribution in [3.05, 3.63) is 65.7 Å². The SMILES string of the molecule is COc1ccc(C#C[C@@H]2CCCN2C(=O)OCc2ccccc2)cc1. The van der Waals surface area contributed by atoms with Crippen LogP contribution in [0.5, 0.6) is 5.75 Å². The Morgan fingerprint density at radius 1 is 1.16 bits per heavy atom. The summed E-state index contributed by atoms with van der Waals surface area (Å²) in [5.41, 5.74) is 1.89. The van der Waals surface area contributed by atoms with Gasteiger partial charge in [-0.1, -0.05) is 42.2 Å². The van der Waals surface area contributed by atoms with Crippen molar-refractivity contribution in [2.24, 2.45) is 0 Å². The molecule has 2 aromatic rings. The van der Waals surface area contributed by atoms with E-state index in [2.05, 4.69) is 11.8 Å². The molecule has 0 aromatic heterocycles. The van der Waals surface area contributed by atoms with Gasteiger partial charge in [-0.2, -0.15) is 0 Å². The van der Waals surface area contributed by atoms with Crippen molar-refractivity contribution >= 4 is 6.09 Å². The number of hydrogen-bond donors (Lipinski definition) is 0. The van der Waals surface area contributed by atoms with E-state index in [-0.39, 0.29) is 18.7 Å². The molecule has 0 saturated carbocycles. The highest BCUT2D eigenvalue weighted by Gasteiger charge is 2.28. The molecule has 0 spiro atoms. The standard InChI is InChI=1S/C21H21NO3/c1-24-20-13-10-17(11-14-20)9-12-19-8-5-15-22(19)21(23)25-16-18-6-3-2-4-7-18/h2-4,6-7,10-11,13-14,19H,5,8,15-16H2,1H3/t19-/m0/s1. The summed E-state index contributed by atoms with van der Waals surface area (Å²) in [7, 11) is 1.64. The molecule has 25 heavy (non-hydrogen) atoms. The Morgan fingerprint density at radius 2 is 1.92 bits per heavy atom. The average molecular weight is 335 g/mol. The Bertz CT molecular complexity index is 759. The average Bonchev–Trinajstić information content (AvgIpc) is 3.14. The van der Waals surface area contributed by atoms with E-state index in [1.807, 2.05) is 54.6 Å². The number of hydrogen-bond acceptors (Lipinski definition) is 3. The van der Waals surface area contributed by atoms with Crippen molar-refractivity contribution in [3.8, 4) is 17.6 Å². The van der Waals surface area contributed by atoms with Crippen molar-refractivity contribution in [1.82, 2.24) is 4.90 Å². The molecule has 1 aliphatic heterocycles. The van der Waals surface area contributed by atoms with Crippen LogP contribution in [0.1, 0.15) is 24.0 Å². The molecule has 4 nitrogen and oxygen atoms in total. The molecule has 0 bridgehead atoms. The fraction of sp³-hybridized carbons (Fsp3) is 0.286. The highest BCUT2D eigenvalue weighted by atomic mass is 16.6. The van der Waals surface area contributed by atoms with Gasteiger partial charge >= 0.3 is 6.09 Å². The number of likely N-dealkylation sites (tertiary alicyclic amines) is 1. The number of amides is 1. The molecular weight excluding hydrogens is 314 g/mol. The number of carbonyl (C=O) groups excluding carboxylic acids is 1. The van der Waals surface area contributed by atoms with Gasteiger partial charge in [0.2, 0.25) is 0 Å². The first-order valence-corrected chi connectivity index (χ1v) is 8.39. The molecule has 0 unspecified atom stereocenters. The van der Waals surface area contributed by atoms with Crippen molar-refractivity contribution in [1.29, 1.82) is 0 Å². The molecule has 1 heterocycles. The van der Waals surface area contributed by atoms with Crippen LogP contribution in [0.2, 0.25) is 0 Å². The van der Waals surface area contributed by atoms with Gasteiger partial charge in [-0.05, 0) is 42.7 Å². The number of methoxy groups -OCH3 is 1. The zero-order chi connectivity index (χ0) is 17.5. The van der Waals surface area contributed by atoms with Crippen LogP contribution < -0.4 is 4.74 Å². The number of benzene rings is 2. The summed E-state index contributed by atoms with van der Waals surface area (Å²) in [6.07, 6.45) is 1.53. The predicted octanol–water partition coefficient (Wildman–Crippen LogP) is 3.85. The normalized spacial score (nSPS) is 16.0. The van der Waals surface area contributed by atoms with Gasteiger partial charge < -0.3 is 9.47 Å². The summed E-state index contributed by atoms with van der Waals surface area (Å²) in [5, 5.41) is 0. The van der Waals surface area contributed by atoms with Gasteiger partial charge in [0.15, 0.2) is 0 Å². The second kappa shape index (κ2) is 8.25. The maximum Gasteiger partial charge on any atom is 0.411 e. The molecule has 1 atom stereocenters. The first-order valence-electron chi connectivity index (χ1n) is 8.39. The molecule has 3 rings (SSSR count). The topological polar surface area (TPSA) is 38.8 Å². The van der Waals surface area contributed by atoms with Crippen LogP contribution >= 0.6 is 0 Å². The van der Waals surface area contributed by atoms with Gasteiger partial charge in [-0.3, -0.25) is 4.90 Å². The van der Waals surface area contributed by atoms with Crippen LogP contribution in [0.25, 0.3) is 0 Å². The maximum atomic E-state index is 12.3. The summed E-state index contributed by atoms with van der Waals surface area (Å²) in [5.74, 6) is 7.14. The molecule has 0 N–H and O–H groups in total. The van der Waals surface area contributed by atoms with E-state index in [1.165, 1.54) is 0 Å². The lowest BCUT2D eigenvalue weighted by molar-refractivity contribution is 0.0984. The monoisotopic (exact) mass is 335 g/mol. The molecule has 0 aliphatic carbocycles. The Labute approximate surface area is 148 Å². The van der Waals surface area contributed by atoms with E-state index < -0.39 is 0 Å². The number of ether oxygens (including phenoxy) is 2. The van der Waals surface area contributed by atoms with Gasteiger partial charge in [-0.15, -0.1) is 0 Å². The van der Waals surface area contributed by atoms with E-state index >= 15 is 0 Å². The fourth-order valence-electron chi connectivity index (χ4n) is 2.78. The predicted molar refractivity (Wildman–Crippen MR) is 96.2 cm³/mol. The second-order valence-electron chi connectivity index (χ2n) is 5.89. The summed E-state index contributed by atoms with van der Waals surface area (Å²) in [6.45, 7) is 0.977. The molecule has 1 amide bonds. The quantitative estimate of drug-likeness (QED) is 0.800. The van der Waals surface area contributed by atoms with Crippen LogP contribution in [-0.2, 0) is 11.3 Å². The number of rotatable bonds is 3. The van der Waals surface area contributed by atoms with Gasteiger partial charge in [0, 0.05) is 12.1 Å². The van der Waals surface area contributed by atoms with E-state index in [9.17, 15) is 4.79 Å². The summed E-state index contributed by atoms with van der Waals surface area (Å²) >= 11 is 0. The van der Waals surface area contributed by atoms with E-state index in [4.69, 9.17) is 9.47 Å². The Balaban J connectivity index is 1.60. The maximum absolute atomic E-state index is 12.3. The van der Waals surface area contributed by atoms with Crippen LogP contribution in [0.15, 0.2) is 54.6 Å². The minimum atomic E-state index is -0.296. The largest absolute Gasteiger partial charge is 0.497 e. The first-order chi connectivity index (χ1) is 12.3. The van der Waals surface area contributed by atoms with Gasteiger partial charge in [-0.25, -0.2) is 4.79 Å². The molecular formula is C21H21NO3. The van der Waals surface area contributed by atoms with Crippen LogP contribution in [0.3, 0.4) is 0 Å². The number of carbonyl (C=O) groups is 1. The van der Waals surface area contributed by atoms with Crippen LogP contribution in [0.4, 0.5) is 4.79 Å². The molecule has 128 valence electrons. The first kappa shape index (κ1) is 16.9. The van der Waals surface area contributed by atoms with Crippen LogP contribution in [0, 0.1) is 11.8 Å². The summed E-state index contributed by atoms with van der Waals surface area (Å²) in [4.78, 5) is 14.1. The third-order valence-corrected chi connectivity index (χ3v) is 4.17. The van der Waals surface area contributed by atoms with Gasteiger partial charge in [0.1, 0.15) is 12.4 Å². The molecule has 1 fully saturated rings. The van der Waals surface area contributed by atoms with Gasteiger partial charge in [0.25, 0.3) is 0 Å².